The number of rotatable bonds is 5. The van der Waals surface area contributed by atoms with Crippen LogP contribution in [0.1, 0.15) is 25.3 Å². The number of nitro benzene ring substituents is 1. The number of aryl methyl sites for hydroxylation is 3. The predicted octanol–water partition coefficient (Wildman–Crippen LogP) is 2.11. The van der Waals surface area contributed by atoms with E-state index in [0.717, 1.165) is 12.8 Å². The third-order valence-corrected chi connectivity index (χ3v) is 4.41. The molecule has 0 amide bonds. The smallest absolute Gasteiger partial charge is 0.321 e. The van der Waals surface area contributed by atoms with Gasteiger partial charge in [-0.15, -0.1) is 0 Å². The van der Waals surface area contributed by atoms with Gasteiger partial charge in [0.25, 0.3) is 11.2 Å². The molecular formula is C17H19N5O4. The summed E-state index contributed by atoms with van der Waals surface area (Å²) in [5.41, 5.74) is 0.542. The van der Waals surface area contributed by atoms with E-state index in [9.17, 15) is 19.7 Å². The van der Waals surface area contributed by atoms with E-state index >= 15 is 0 Å². The van der Waals surface area contributed by atoms with Crippen LogP contribution in [-0.4, -0.2) is 24.0 Å². The number of hydrogen-bond donors (Lipinski definition) is 1. The van der Waals surface area contributed by atoms with Crippen LogP contribution in [0.15, 0.2) is 27.8 Å². The highest BCUT2D eigenvalue weighted by Crippen LogP contribution is 2.27. The topological polar surface area (TPSA) is 116 Å². The van der Waals surface area contributed by atoms with Crippen molar-refractivity contribution in [2.75, 3.05) is 0 Å². The fraction of sp³-hybridized carbons (Fsp3) is 0.353. The molecule has 0 saturated carbocycles. The van der Waals surface area contributed by atoms with Gasteiger partial charge in [-0.1, -0.05) is 25.5 Å². The van der Waals surface area contributed by atoms with Crippen molar-refractivity contribution in [3.63, 3.8) is 0 Å². The molecule has 0 fully saturated rings. The molecular weight excluding hydrogens is 338 g/mol. The molecule has 3 rings (SSSR count). The molecule has 0 atom stereocenters. The van der Waals surface area contributed by atoms with E-state index in [1.54, 1.807) is 30.7 Å². The molecule has 1 aromatic carbocycles. The average molecular weight is 357 g/mol. The van der Waals surface area contributed by atoms with Gasteiger partial charge in [0.2, 0.25) is 0 Å². The molecule has 0 radical (unpaired) electrons. The van der Waals surface area contributed by atoms with Crippen LogP contribution in [0.3, 0.4) is 0 Å². The number of benzene rings is 1. The number of fused-ring (bicyclic) bond motifs is 1. The van der Waals surface area contributed by atoms with E-state index < -0.39 is 16.2 Å². The largest absolute Gasteiger partial charge is 0.330 e. The maximum atomic E-state index is 12.3. The molecule has 136 valence electrons. The van der Waals surface area contributed by atoms with Gasteiger partial charge in [-0.2, -0.15) is 0 Å². The molecule has 0 spiro atoms. The highest BCUT2D eigenvalue weighted by atomic mass is 16.6. The lowest BCUT2D eigenvalue weighted by atomic mass is 10.1. The molecule has 0 saturated heterocycles. The van der Waals surface area contributed by atoms with Crippen LogP contribution in [0.25, 0.3) is 22.6 Å². The molecule has 0 unspecified atom stereocenters. The van der Waals surface area contributed by atoms with Gasteiger partial charge >= 0.3 is 5.69 Å². The predicted molar refractivity (Wildman–Crippen MR) is 97.3 cm³/mol. The first-order valence-electron chi connectivity index (χ1n) is 8.30. The Labute approximate surface area is 148 Å². The van der Waals surface area contributed by atoms with Gasteiger partial charge in [-0.05, 0) is 13.3 Å². The zero-order chi connectivity index (χ0) is 19.0. The van der Waals surface area contributed by atoms with Crippen molar-refractivity contribution in [1.29, 1.82) is 0 Å². The van der Waals surface area contributed by atoms with E-state index in [1.165, 1.54) is 10.6 Å². The quantitative estimate of drug-likeness (QED) is 0.554. The van der Waals surface area contributed by atoms with Crippen LogP contribution in [-0.2, 0) is 13.6 Å². The van der Waals surface area contributed by atoms with Crippen LogP contribution >= 0.6 is 0 Å². The van der Waals surface area contributed by atoms with Gasteiger partial charge in [0.15, 0.2) is 11.2 Å². The molecule has 0 aliphatic rings. The maximum Gasteiger partial charge on any atom is 0.330 e. The van der Waals surface area contributed by atoms with E-state index in [4.69, 9.17) is 0 Å². The minimum atomic E-state index is -0.527. The lowest BCUT2D eigenvalue weighted by Gasteiger charge is -2.04. The number of aromatic amines is 1. The van der Waals surface area contributed by atoms with E-state index in [1.807, 2.05) is 6.92 Å². The monoisotopic (exact) mass is 357 g/mol. The summed E-state index contributed by atoms with van der Waals surface area (Å²) in [6, 6.07) is 4.78. The first-order valence-corrected chi connectivity index (χ1v) is 8.30. The minimum Gasteiger partial charge on any atom is -0.321 e. The fourth-order valence-electron chi connectivity index (χ4n) is 2.97. The summed E-state index contributed by atoms with van der Waals surface area (Å²) in [5.74, 6) is 0.393. The first-order chi connectivity index (χ1) is 12.3. The molecule has 0 bridgehead atoms. The number of imidazole rings is 1. The van der Waals surface area contributed by atoms with Crippen molar-refractivity contribution in [2.24, 2.45) is 7.05 Å². The highest BCUT2D eigenvalue weighted by Gasteiger charge is 2.19. The van der Waals surface area contributed by atoms with Crippen molar-refractivity contribution < 1.29 is 4.92 Å². The number of hydrogen-bond acceptors (Lipinski definition) is 5. The summed E-state index contributed by atoms with van der Waals surface area (Å²) in [7, 11) is 1.65. The highest BCUT2D eigenvalue weighted by molar-refractivity contribution is 5.77. The first kappa shape index (κ1) is 17.6. The van der Waals surface area contributed by atoms with Gasteiger partial charge in [-0.25, -0.2) is 9.78 Å². The third kappa shape index (κ3) is 2.81. The Balaban J connectivity index is 2.29. The Kier molecular flexibility index (Phi) is 4.45. The number of unbranched alkanes of at least 4 members (excludes halogenated alkanes) is 1. The van der Waals surface area contributed by atoms with Crippen LogP contribution in [0.5, 0.6) is 0 Å². The van der Waals surface area contributed by atoms with Crippen molar-refractivity contribution >= 4 is 16.9 Å². The second-order valence-electron chi connectivity index (χ2n) is 6.19. The van der Waals surface area contributed by atoms with Crippen LogP contribution < -0.4 is 11.2 Å². The molecule has 3 aromatic rings. The maximum absolute atomic E-state index is 12.3. The molecule has 0 aliphatic carbocycles. The summed E-state index contributed by atoms with van der Waals surface area (Å²) in [6.45, 7) is 4.10. The number of H-pyrrole nitrogens is 1. The van der Waals surface area contributed by atoms with Gasteiger partial charge in [-0.3, -0.25) is 24.5 Å². The average Bonchev–Trinajstić information content (AvgIpc) is 2.92. The number of nitro groups is 1. The van der Waals surface area contributed by atoms with Gasteiger partial charge in [0.1, 0.15) is 5.82 Å². The number of nitrogens with zero attached hydrogens (tertiary/aromatic N) is 4. The van der Waals surface area contributed by atoms with Crippen LogP contribution in [0, 0.1) is 17.0 Å². The van der Waals surface area contributed by atoms with Crippen LogP contribution in [0.4, 0.5) is 5.69 Å². The SMILES string of the molecule is CCCCn1c(=O)[nH]c(=O)c2c1nc(-c1ccc(C)c([N+](=O)[O-])c1)n2C. The van der Waals surface area contributed by atoms with Crippen molar-refractivity contribution in [2.45, 2.75) is 33.2 Å². The summed E-state index contributed by atoms with van der Waals surface area (Å²) in [6.07, 6.45) is 1.65. The lowest BCUT2D eigenvalue weighted by Crippen LogP contribution is -2.31. The lowest BCUT2D eigenvalue weighted by molar-refractivity contribution is -0.385. The number of aromatic nitrogens is 4. The Bertz CT molecular complexity index is 1120. The molecule has 26 heavy (non-hydrogen) atoms. The second kappa shape index (κ2) is 6.58. The van der Waals surface area contributed by atoms with Gasteiger partial charge in [0.05, 0.1) is 4.92 Å². The van der Waals surface area contributed by atoms with Gasteiger partial charge < -0.3 is 4.57 Å². The Morgan fingerprint density at radius 1 is 1.31 bits per heavy atom. The Morgan fingerprint density at radius 2 is 2.04 bits per heavy atom. The third-order valence-electron chi connectivity index (χ3n) is 4.41. The standard InChI is InChI=1S/C17H19N5O4/c1-4-5-8-21-15-13(16(23)19-17(21)24)20(3)14(18-15)11-7-6-10(2)12(9-11)22(25)26/h6-7,9H,4-5,8H2,1-3H3,(H,19,23,24). The van der Waals surface area contributed by atoms with Crippen LogP contribution in [0.2, 0.25) is 0 Å². The Morgan fingerprint density at radius 3 is 2.69 bits per heavy atom. The van der Waals surface area contributed by atoms with Crippen molar-refractivity contribution in [3.8, 4) is 11.4 Å². The molecule has 0 aliphatic heterocycles. The van der Waals surface area contributed by atoms with Gasteiger partial charge in [0, 0.05) is 30.8 Å². The molecule has 2 aromatic heterocycles. The van der Waals surface area contributed by atoms with Crippen molar-refractivity contribution in [3.05, 3.63) is 54.7 Å². The normalized spacial score (nSPS) is 11.2. The zero-order valence-corrected chi connectivity index (χ0v) is 14.8. The van der Waals surface area contributed by atoms with E-state index in [2.05, 4.69) is 9.97 Å². The summed E-state index contributed by atoms with van der Waals surface area (Å²) in [4.78, 5) is 42.0. The fourth-order valence-corrected chi connectivity index (χ4v) is 2.97. The van der Waals surface area contributed by atoms with Crippen molar-refractivity contribution in [1.82, 2.24) is 19.1 Å². The summed E-state index contributed by atoms with van der Waals surface area (Å²) in [5, 5.41) is 11.2. The second-order valence-corrected chi connectivity index (χ2v) is 6.19. The minimum absolute atomic E-state index is 0.0214. The Hall–Kier alpha value is -3.23. The van der Waals surface area contributed by atoms with E-state index in [-0.39, 0.29) is 16.9 Å². The summed E-state index contributed by atoms with van der Waals surface area (Å²) >= 11 is 0. The zero-order valence-electron chi connectivity index (χ0n) is 14.8. The van der Waals surface area contributed by atoms with E-state index in [0.29, 0.717) is 23.5 Å². The molecule has 2 heterocycles. The molecule has 9 nitrogen and oxygen atoms in total. The molecule has 9 heteroatoms. The number of nitrogens with one attached hydrogen (secondary N) is 1. The summed E-state index contributed by atoms with van der Waals surface area (Å²) < 4.78 is 3.00. The molecule has 1 N–H and O–H groups in total.